The van der Waals surface area contributed by atoms with Crippen LogP contribution in [0.1, 0.15) is 349 Å². The molecule has 1 aliphatic rings. The van der Waals surface area contributed by atoms with Gasteiger partial charge in [-0.15, -0.1) is 24.3 Å². The Morgan fingerprint density at radius 3 is 0.762 bits per heavy atom. The largest absolute Gasteiger partial charge is 2.00 e. The fourth-order valence-electron chi connectivity index (χ4n) is 12.4. The molecule has 0 aromatic heterocycles. The van der Waals surface area contributed by atoms with Crippen molar-refractivity contribution in [2.75, 3.05) is 0 Å². The first kappa shape index (κ1) is 76.5. The average Bonchev–Trinajstić information content (AvgIpc) is 2.30. The summed E-state index contributed by atoms with van der Waals surface area (Å²) >= 11 is 0. The molecule has 4 aromatic rings. The Morgan fingerprint density at radius 2 is 0.512 bits per heavy atom. The van der Waals surface area contributed by atoms with E-state index < -0.39 is 0 Å². The van der Waals surface area contributed by atoms with Gasteiger partial charge in [-0.25, -0.2) is 4.70 Å². The number of aryl methyl sites for hydroxylation is 4. The first-order chi connectivity index (χ1) is 40.7. The Balaban J connectivity index is 0.00000139. The van der Waals surface area contributed by atoms with Gasteiger partial charge in [0.15, 0.2) is 0 Å². The molecule has 1 heterocycles. The molecule has 0 N–H and O–H groups in total. The van der Waals surface area contributed by atoms with Gasteiger partial charge in [-0.1, -0.05) is 241 Å². The topological polar surface area (TPSA) is 25.3 Å². The minimum atomic E-state index is 0. The number of hydrogen-bond donors (Lipinski definition) is 0. The summed E-state index contributed by atoms with van der Waals surface area (Å²) in [5, 5.41) is 0. The van der Waals surface area contributed by atoms with Gasteiger partial charge in [0.2, 0.25) is 11.4 Å². The van der Waals surface area contributed by atoms with Crippen molar-refractivity contribution in [3.05, 3.63) is 171 Å². The quantitative estimate of drug-likeness (QED) is 0.0182. The van der Waals surface area contributed by atoms with E-state index in [0.29, 0.717) is 0 Å². The molecule has 2 nitrogen and oxygen atoms in total. The van der Waals surface area contributed by atoms with Gasteiger partial charge in [0, 0.05) is 22.3 Å². The monoisotopic (exact) mass is 1230 g/mol. The smallest absolute Gasteiger partial charge is 0.493 e. The molecule has 0 bridgehead atoms. The van der Waals surface area contributed by atoms with Crippen molar-refractivity contribution >= 4 is 11.4 Å². The van der Waals surface area contributed by atoms with E-state index in [4.69, 9.17) is 0 Å². The van der Waals surface area contributed by atoms with Crippen LogP contribution in [0.3, 0.4) is 0 Å². The number of hydrogen-bond acceptors (Lipinski definition) is 0. The number of allylic oxidation sites excluding steroid dienone is 2. The van der Waals surface area contributed by atoms with E-state index in [-0.39, 0.29) is 20.4 Å². The maximum atomic E-state index is 13.1. The SMILES string of the molecule is CCCCCCCCCCCCCCCCCCCCCCCC1=C(c2cc(CCCC)c(CCCC)c(CCCC)c2)[N+](=[N-])C(c2cc(CCCC)c(CCCC)c(CCCC)c2)=C1CCCC.[CH2-]c1ccccc1.[CH2-]c1ccccc1.[Pd+2]. The summed E-state index contributed by atoms with van der Waals surface area (Å²) in [6.45, 7) is 26.1. The molecule has 1 aliphatic heterocycles. The summed E-state index contributed by atoms with van der Waals surface area (Å²) in [5.41, 5.74) is 32.3. The van der Waals surface area contributed by atoms with Crippen LogP contribution in [-0.4, -0.2) is 4.70 Å². The van der Waals surface area contributed by atoms with Crippen molar-refractivity contribution < 1.29 is 25.1 Å². The van der Waals surface area contributed by atoms with Gasteiger partial charge in [0.1, 0.15) is 0 Å². The fraction of sp³-hybridized carbons (Fsp3) is 0.630. The Hall–Kier alpha value is -3.64. The van der Waals surface area contributed by atoms with E-state index >= 15 is 0 Å². The number of unbranched alkanes of at least 4 members (excludes halogenated alkanes) is 27. The van der Waals surface area contributed by atoms with E-state index in [1.165, 1.54) is 247 Å². The zero-order valence-corrected chi connectivity index (χ0v) is 57.7. The third-order valence-corrected chi connectivity index (χ3v) is 17.5. The summed E-state index contributed by atoms with van der Waals surface area (Å²) in [7, 11) is 0. The van der Waals surface area contributed by atoms with E-state index in [0.717, 1.165) is 73.9 Å². The molecule has 5 rings (SSSR count). The molecule has 0 amide bonds. The van der Waals surface area contributed by atoms with Gasteiger partial charge < -0.3 is 5.53 Å². The van der Waals surface area contributed by atoms with Crippen LogP contribution >= 0.6 is 0 Å². The molecule has 0 aliphatic carbocycles. The van der Waals surface area contributed by atoms with Crippen molar-refractivity contribution in [1.29, 1.82) is 0 Å². The van der Waals surface area contributed by atoms with Crippen molar-refractivity contribution in [3.8, 4) is 0 Å². The molecule has 0 saturated heterocycles. The van der Waals surface area contributed by atoms with E-state index in [1.807, 2.05) is 60.7 Å². The van der Waals surface area contributed by atoms with Crippen LogP contribution in [0, 0.1) is 13.8 Å². The van der Waals surface area contributed by atoms with E-state index in [1.54, 1.807) is 38.1 Å². The normalized spacial score (nSPS) is 12.1. The van der Waals surface area contributed by atoms with Crippen molar-refractivity contribution in [3.63, 3.8) is 0 Å². The summed E-state index contributed by atoms with van der Waals surface area (Å²) in [6.07, 6.45) is 55.7. The molecule has 0 fully saturated rings. The Labute approximate surface area is 535 Å². The Kier molecular flexibility index (Phi) is 45.8. The van der Waals surface area contributed by atoms with Crippen LogP contribution < -0.4 is 0 Å². The second-order valence-electron chi connectivity index (χ2n) is 25.0. The van der Waals surface area contributed by atoms with Gasteiger partial charge in [0.25, 0.3) is 0 Å². The number of benzene rings is 4. The average molecular weight is 1240 g/mol. The summed E-state index contributed by atoms with van der Waals surface area (Å²) in [5.74, 6) is 0. The van der Waals surface area contributed by atoms with Crippen molar-refractivity contribution in [2.24, 2.45) is 0 Å². The van der Waals surface area contributed by atoms with Gasteiger partial charge in [0.05, 0.1) is 0 Å². The minimum absolute atomic E-state index is 0. The number of nitrogens with zero attached hydrogens (tertiary/aromatic N) is 2. The maximum Gasteiger partial charge on any atom is 2.00 e. The molecular formula is C81H128N2Pd. The van der Waals surface area contributed by atoms with Gasteiger partial charge >= 0.3 is 20.4 Å². The van der Waals surface area contributed by atoms with Crippen LogP contribution in [0.2, 0.25) is 0 Å². The molecule has 4 aromatic carbocycles. The van der Waals surface area contributed by atoms with Gasteiger partial charge in [-0.2, -0.15) is 49.2 Å². The molecule has 3 heteroatoms. The predicted molar refractivity (Wildman–Crippen MR) is 371 cm³/mol. The van der Waals surface area contributed by atoms with Crippen LogP contribution in [0.25, 0.3) is 16.9 Å². The Morgan fingerprint density at radius 1 is 0.286 bits per heavy atom. The molecule has 0 atom stereocenters. The molecular weight excluding hydrogens is 1110 g/mol. The first-order valence-electron chi connectivity index (χ1n) is 35.7. The fourth-order valence-corrected chi connectivity index (χ4v) is 12.4. The van der Waals surface area contributed by atoms with Gasteiger partial charge in [-0.3, -0.25) is 0 Å². The second kappa shape index (κ2) is 50.4. The number of rotatable bonds is 45. The van der Waals surface area contributed by atoms with Gasteiger partial charge in [-0.05, 0) is 160 Å². The third-order valence-electron chi connectivity index (χ3n) is 17.5. The van der Waals surface area contributed by atoms with Crippen LogP contribution in [0.5, 0.6) is 0 Å². The summed E-state index contributed by atoms with van der Waals surface area (Å²) < 4.78 is 1.75. The molecule has 0 spiro atoms. The molecule has 0 saturated carbocycles. The first-order valence-corrected chi connectivity index (χ1v) is 35.7. The predicted octanol–water partition coefficient (Wildman–Crippen LogP) is 26.4. The van der Waals surface area contributed by atoms with E-state index in [9.17, 15) is 5.53 Å². The Bertz CT molecular complexity index is 2220. The molecule has 0 unspecified atom stereocenters. The zero-order valence-electron chi connectivity index (χ0n) is 56.1. The minimum Gasteiger partial charge on any atom is -0.493 e. The van der Waals surface area contributed by atoms with Crippen LogP contribution in [-0.2, 0) is 58.9 Å². The summed E-state index contributed by atoms with van der Waals surface area (Å²) in [6, 6.07) is 30.0. The molecule has 84 heavy (non-hydrogen) atoms. The van der Waals surface area contributed by atoms with Crippen molar-refractivity contribution in [1.82, 2.24) is 0 Å². The summed E-state index contributed by atoms with van der Waals surface area (Å²) in [4.78, 5) is 0. The molecule has 0 radical (unpaired) electrons. The standard InChI is InChI=1S/C67H114N2.2C7H7.Pd/c1-9-17-25-26-27-28-29-30-31-32-33-34-35-36-37-38-39-40-41-42-43-51-65-64(50-24-16-8)66(60-52-56(44-18-10-2)62(48-22-14-6)57(53-60)45-19-11-3)69(68)67(65)61-54-58(46-20-12-4)63(49-23-15-7)59(55-61)47-21-13-5;2*1-7-5-3-2-4-6-7;/h52-55H,9-51H2,1-8H3;2*2-6H,1H2;/q;2*-1;+2. The zero-order chi connectivity index (χ0) is 60.0. The van der Waals surface area contributed by atoms with E-state index in [2.05, 4.69) is 93.5 Å². The molecule has 472 valence electrons. The second-order valence-corrected chi connectivity index (χ2v) is 25.0. The van der Waals surface area contributed by atoms with Crippen molar-refractivity contribution in [2.45, 2.75) is 331 Å². The van der Waals surface area contributed by atoms with Crippen LogP contribution in [0.4, 0.5) is 0 Å². The van der Waals surface area contributed by atoms with Crippen LogP contribution in [0.15, 0.2) is 96.1 Å². The maximum absolute atomic E-state index is 13.1. The third kappa shape index (κ3) is 30.8.